The van der Waals surface area contributed by atoms with Gasteiger partial charge in [0.25, 0.3) is 10.0 Å². The largest absolute Gasteiger partial charge is 0.493 e. The summed E-state index contributed by atoms with van der Waals surface area (Å²) in [5, 5.41) is 8.74. The summed E-state index contributed by atoms with van der Waals surface area (Å²) in [5.74, 6) is -1.50. The van der Waals surface area contributed by atoms with Crippen molar-refractivity contribution in [3.8, 4) is 23.1 Å². The molecular weight excluding hydrogens is 376 g/mol. The van der Waals surface area contributed by atoms with Gasteiger partial charge in [-0.1, -0.05) is 6.07 Å². The molecule has 6 nitrogen and oxygen atoms in total. The van der Waals surface area contributed by atoms with Gasteiger partial charge in [-0.05, 0) is 36.4 Å². The lowest BCUT2D eigenvalue weighted by molar-refractivity contribution is 0.388. The molecule has 0 saturated carbocycles. The molecule has 0 aliphatic heterocycles. The lowest BCUT2D eigenvalue weighted by Gasteiger charge is -2.08. The molecule has 0 amide bonds. The lowest BCUT2D eigenvalue weighted by Crippen LogP contribution is -2.13. The molecule has 2 aromatic carbocycles. The Morgan fingerprint density at radius 1 is 1.15 bits per heavy atom. The van der Waals surface area contributed by atoms with Crippen molar-refractivity contribution >= 4 is 15.7 Å². The predicted molar refractivity (Wildman–Crippen MR) is 94.7 cm³/mol. The maximum Gasteiger partial charge on any atom is 0.263 e. The quantitative estimate of drug-likeness (QED) is 0.696. The number of benzene rings is 2. The Morgan fingerprint density at radius 3 is 2.59 bits per heavy atom. The minimum atomic E-state index is -4.11. The molecule has 27 heavy (non-hydrogen) atoms. The molecule has 1 heterocycles. The van der Waals surface area contributed by atoms with Crippen LogP contribution in [0.4, 0.5) is 14.5 Å². The number of methoxy groups -OCH3 is 1. The van der Waals surface area contributed by atoms with E-state index in [-0.39, 0.29) is 21.9 Å². The van der Waals surface area contributed by atoms with Gasteiger partial charge in [-0.3, -0.25) is 4.72 Å². The normalized spacial score (nSPS) is 11.0. The molecule has 9 heteroatoms. The topological polar surface area (TPSA) is 95.0 Å². The van der Waals surface area contributed by atoms with Crippen molar-refractivity contribution in [3.63, 3.8) is 0 Å². The number of anilines is 1. The predicted octanol–water partition coefficient (Wildman–Crippen LogP) is 3.64. The van der Waals surface area contributed by atoms with E-state index in [4.69, 9.17) is 10.00 Å². The molecule has 0 radical (unpaired) electrons. The van der Waals surface area contributed by atoms with Crippen LogP contribution in [0.5, 0.6) is 5.75 Å². The van der Waals surface area contributed by atoms with E-state index in [2.05, 4.69) is 9.71 Å². The summed E-state index contributed by atoms with van der Waals surface area (Å²) in [6.07, 6.45) is 1.20. The van der Waals surface area contributed by atoms with Crippen LogP contribution in [0, 0.1) is 23.0 Å². The van der Waals surface area contributed by atoms with E-state index in [1.54, 1.807) is 12.1 Å². The number of sulfonamides is 1. The van der Waals surface area contributed by atoms with Crippen LogP contribution in [0.3, 0.4) is 0 Å². The molecule has 3 rings (SSSR count). The second-order valence-electron chi connectivity index (χ2n) is 5.48. The summed E-state index contributed by atoms with van der Waals surface area (Å²) in [6, 6.07) is 10.7. The monoisotopic (exact) mass is 389 g/mol. The van der Waals surface area contributed by atoms with Crippen LogP contribution < -0.4 is 9.46 Å². The number of rotatable bonds is 5. The number of hydrogen-bond acceptors (Lipinski definition) is 4. The first-order valence-corrected chi connectivity index (χ1v) is 9.08. The Balaban J connectivity index is 1.94. The summed E-state index contributed by atoms with van der Waals surface area (Å²) in [7, 11) is -2.81. The summed E-state index contributed by atoms with van der Waals surface area (Å²) < 4.78 is 59.9. The number of nitrogens with zero attached hydrogens (tertiary/aromatic N) is 1. The van der Waals surface area contributed by atoms with Crippen molar-refractivity contribution < 1.29 is 21.9 Å². The zero-order valence-electron chi connectivity index (χ0n) is 14.0. The van der Waals surface area contributed by atoms with E-state index in [1.165, 1.54) is 37.6 Å². The number of halogens is 2. The highest BCUT2D eigenvalue weighted by molar-refractivity contribution is 7.92. The molecule has 1 aromatic heterocycles. The second kappa shape index (κ2) is 7.09. The van der Waals surface area contributed by atoms with E-state index in [9.17, 15) is 17.2 Å². The third-order valence-electron chi connectivity index (χ3n) is 3.77. The van der Waals surface area contributed by atoms with E-state index in [0.717, 1.165) is 12.1 Å². The Bertz CT molecular complexity index is 1150. The van der Waals surface area contributed by atoms with Crippen LogP contribution in [-0.2, 0) is 10.0 Å². The van der Waals surface area contributed by atoms with Crippen LogP contribution in [0.15, 0.2) is 53.6 Å². The van der Waals surface area contributed by atoms with Gasteiger partial charge in [-0.15, -0.1) is 0 Å². The first-order valence-electron chi connectivity index (χ1n) is 7.59. The number of para-hydroxylation sites is 1. The first kappa shape index (κ1) is 18.4. The molecule has 0 bridgehead atoms. The van der Waals surface area contributed by atoms with Gasteiger partial charge in [-0.2, -0.15) is 5.26 Å². The summed E-state index contributed by atoms with van der Waals surface area (Å²) in [6.45, 7) is 0. The lowest BCUT2D eigenvalue weighted by atomic mass is 10.1. The highest BCUT2D eigenvalue weighted by atomic mass is 32.2. The summed E-state index contributed by atoms with van der Waals surface area (Å²) in [5.41, 5.74) is 0.424. The van der Waals surface area contributed by atoms with Crippen molar-refractivity contribution in [2.24, 2.45) is 0 Å². The minimum absolute atomic E-state index is 0.0330. The highest BCUT2D eigenvalue weighted by Crippen LogP contribution is 2.33. The fraction of sp³-hybridized carbons (Fsp3) is 0.0556. The number of hydrogen-bond donors (Lipinski definition) is 2. The number of nitriles is 1. The average Bonchev–Trinajstić information content (AvgIpc) is 3.14. The van der Waals surface area contributed by atoms with Crippen LogP contribution in [-0.4, -0.2) is 20.5 Å². The fourth-order valence-corrected chi connectivity index (χ4v) is 3.54. The third-order valence-corrected chi connectivity index (χ3v) is 5.12. The summed E-state index contributed by atoms with van der Waals surface area (Å²) >= 11 is 0. The summed E-state index contributed by atoms with van der Waals surface area (Å²) in [4.78, 5) is 2.57. The van der Waals surface area contributed by atoms with Gasteiger partial charge in [0, 0.05) is 11.8 Å². The molecular formula is C18H13F2N3O3S. The number of aromatic amines is 1. The molecule has 0 spiro atoms. The molecule has 138 valence electrons. The molecule has 2 N–H and O–H groups in total. The van der Waals surface area contributed by atoms with Crippen LogP contribution in [0.1, 0.15) is 5.56 Å². The first-order chi connectivity index (χ1) is 12.9. The maximum absolute atomic E-state index is 14.0. The Hall–Kier alpha value is -3.38. The molecule has 0 saturated heterocycles. The molecule has 0 fully saturated rings. The average molecular weight is 389 g/mol. The standard InChI is InChI=1S/C18H13F2N3O3S/c1-26-18-13(3-2-4-14(18)19)17-8-12(10-22-17)27(24,25)23-16-6-5-11(9-21)7-15(16)20/h2-8,10,22-23H,1H3. The van der Waals surface area contributed by atoms with Crippen LogP contribution in [0.2, 0.25) is 0 Å². The molecule has 3 aromatic rings. The van der Waals surface area contributed by atoms with Crippen molar-refractivity contribution in [1.82, 2.24) is 4.98 Å². The zero-order valence-corrected chi connectivity index (χ0v) is 14.8. The SMILES string of the molecule is COc1c(F)cccc1-c1cc(S(=O)(=O)Nc2ccc(C#N)cc2F)c[nH]1. The van der Waals surface area contributed by atoms with E-state index >= 15 is 0 Å². The zero-order chi connectivity index (χ0) is 19.6. The van der Waals surface area contributed by atoms with Gasteiger partial charge in [0.1, 0.15) is 10.7 Å². The Labute approximate surface area is 154 Å². The number of H-pyrrole nitrogens is 1. The van der Waals surface area contributed by atoms with Gasteiger partial charge in [0.05, 0.1) is 30.1 Å². The third kappa shape index (κ3) is 3.61. The van der Waals surface area contributed by atoms with Gasteiger partial charge >= 0.3 is 0 Å². The smallest absolute Gasteiger partial charge is 0.263 e. The molecule has 0 aliphatic carbocycles. The van der Waals surface area contributed by atoms with E-state index in [1.807, 2.05) is 0 Å². The molecule has 0 atom stereocenters. The van der Waals surface area contributed by atoms with Crippen molar-refractivity contribution in [3.05, 3.63) is 65.9 Å². The van der Waals surface area contributed by atoms with Crippen LogP contribution >= 0.6 is 0 Å². The number of nitrogens with one attached hydrogen (secondary N) is 2. The number of aromatic nitrogens is 1. The van der Waals surface area contributed by atoms with Gasteiger partial charge in [-0.25, -0.2) is 17.2 Å². The van der Waals surface area contributed by atoms with Crippen molar-refractivity contribution in [2.75, 3.05) is 11.8 Å². The maximum atomic E-state index is 14.0. The minimum Gasteiger partial charge on any atom is -0.493 e. The van der Waals surface area contributed by atoms with E-state index < -0.39 is 21.7 Å². The molecule has 0 aliphatic rings. The Morgan fingerprint density at radius 2 is 1.93 bits per heavy atom. The van der Waals surface area contributed by atoms with Crippen LogP contribution in [0.25, 0.3) is 11.3 Å². The van der Waals surface area contributed by atoms with E-state index in [0.29, 0.717) is 11.3 Å². The fourth-order valence-electron chi connectivity index (χ4n) is 2.48. The Kier molecular flexibility index (Phi) is 4.83. The second-order valence-corrected chi connectivity index (χ2v) is 7.16. The van der Waals surface area contributed by atoms with Crippen molar-refractivity contribution in [1.29, 1.82) is 5.26 Å². The van der Waals surface area contributed by atoms with Gasteiger partial charge in [0.2, 0.25) is 0 Å². The van der Waals surface area contributed by atoms with Gasteiger partial charge in [0.15, 0.2) is 11.6 Å². The van der Waals surface area contributed by atoms with Crippen molar-refractivity contribution in [2.45, 2.75) is 4.90 Å². The number of ether oxygens (including phenoxy) is 1. The molecule has 0 unspecified atom stereocenters. The van der Waals surface area contributed by atoms with Gasteiger partial charge < -0.3 is 9.72 Å². The highest BCUT2D eigenvalue weighted by Gasteiger charge is 2.20.